The van der Waals surface area contributed by atoms with E-state index < -0.39 is 27.1 Å². The van der Waals surface area contributed by atoms with E-state index >= 15 is 0 Å². The molecule has 0 aliphatic rings. The molecular weight excluding hydrogens is 218 g/mol. The smallest absolute Gasteiger partial charge is 0.265 e. The lowest BCUT2D eigenvalue weighted by molar-refractivity contribution is -0.762. The molecule has 0 bridgehead atoms. The van der Waals surface area contributed by atoms with E-state index in [0.29, 0.717) is 0 Å². The van der Waals surface area contributed by atoms with Crippen molar-refractivity contribution in [3.8, 4) is 0 Å². The molecule has 1 unspecified atom stereocenters. The van der Waals surface area contributed by atoms with Gasteiger partial charge < -0.3 is 4.55 Å². The first-order valence-corrected chi connectivity index (χ1v) is 6.17. The molecule has 0 rings (SSSR count). The molecular formula is C5H13NO5S2. The summed E-state index contributed by atoms with van der Waals surface area (Å²) >= 11 is -2.29. The highest BCUT2D eigenvalue weighted by Gasteiger charge is 2.17. The van der Waals surface area contributed by atoms with Crippen LogP contribution in [0.5, 0.6) is 0 Å². The Morgan fingerprint density at radius 1 is 1.46 bits per heavy atom. The molecule has 0 heterocycles. The normalized spacial score (nSPS) is 15.7. The van der Waals surface area contributed by atoms with Crippen LogP contribution in [0, 0.1) is 0 Å². The van der Waals surface area contributed by atoms with Crippen LogP contribution in [0.4, 0.5) is 0 Å². The third-order valence-corrected chi connectivity index (χ3v) is 3.30. The first-order chi connectivity index (χ1) is 5.65. The third kappa shape index (κ3) is 6.11. The molecule has 0 saturated carbocycles. The van der Waals surface area contributed by atoms with Gasteiger partial charge in [-0.25, -0.2) is 4.21 Å². The molecule has 0 aromatic carbocycles. The van der Waals surface area contributed by atoms with E-state index in [1.807, 2.05) is 0 Å². The third-order valence-electron chi connectivity index (χ3n) is 1.50. The van der Waals surface area contributed by atoms with Gasteiger partial charge in [0.15, 0.2) is 0 Å². The summed E-state index contributed by atoms with van der Waals surface area (Å²) in [6.07, 6.45) is 0.111. The van der Waals surface area contributed by atoms with Gasteiger partial charge in [0.25, 0.3) is 10.1 Å². The van der Waals surface area contributed by atoms with Gasteiger partial charge in [-0.3, -0.25) is 8.44 Å². The molecule has 0 fully saturated rings. The van der Waals surface area contributed by atoms with Gasteiger partial charge in [0.05, 0.1) is 26.4 Å². The van der Waals surface area contributed by atoms with Crippen LogP contribution in [0.1, 0.15) is 6.42 Å². The maximum atomic E-state index is 10.5. The van der Waals surface area contributed by atoms with Crippen LogP contribution in [-0.2, 0) is 21.4 Å². The van der Waals surface area contributed by atoms with Crippen molar-refractivity contribution < 1.29 is 25.6 Å². The quantitative estimate of drug-likeness (QED) is 0.377. The lowest BCUT2D eigenvalue weighted by Crippen LogP contribution is -2.42. The van der Waals surface area contributed by atoms with Gasteiger partial charge in [0.2, 0.25) is 0 Å². The van der Waals surface area contributed by atoms with Crippen molar-refractivity contribution >= 4 is 21.4 Å². The first-order valence-electron chi connectivity index (χ1n) is 3.53. The van der Waals surface area contributed by atoms with Crippen molar-refractivity contribution in [1.82, 2.24) is 0 Å². The van der Waals surface area contributed by atoms with Crippen LogP contribution in [0.3, 0.4) is 0 Å². The van der Waals surface area contributed by atoms with Crippen molar-refractivity contribution in [2.45, 2.75) is 6.42 Å². The molecule has 8 heteroatoms. The maximum absolute atomic E-state index is 10.5. The highest BCUT2D eigenvalue weighted by atomic mass is 32.2. The Hall–Kier alpha value is -0.0200. The molecule has 0 spiro atoms. The average molecular weight is 231 g/mol. The second-order valence-electron chi connectivity index (χ2n) is 3.15. The predicted octanol–water partition coefficient (Wildman–Crippen LogP) is -0.865. The summed E-state index contributed by atoms with van der Waals surface area (Å²) in [6, 6.07) is 0. The number of quaternary nitrogens is 1. The number of hydrogen-bond acceptors (Lipinski definition) is 4. The Morgan fingerprint density at radius 2 is 1.92 bits per heavy atom. The molecule has 0 radical (unpaired) electrons. The van der Waals surface area contributed by atoms with Crippen molar-refractivity contribution in [2.24, 2.45) is 0 Å². The largest absolute Gasteiger partial charge is 0.724 e. The fourth-order valence-corrected chi connectivity index (χ4v) is 1.47. The summed E-state index contributed by atoms with van der Waals surface area (Å²) in [6.45, 7) is 0.149. The van der Waals surface area contributed by atoms with Crippen molar-refractivity contribution in [2.75, 3.05) is 26.4 Å². The number of rotatable bonds is 5. The lowest BCUT2D eigenvalue weighted by Gasteiger charge is -2.29. The van der Waals surface area contributed by atoms with Gasteiger partial charge in [-0.2, -0.15) is 8.42 Å². The molecule has 0 aliphatic carbocycles. The molecule has 1 atom stereocenters. The van der Waals surface area contributed by atoms with E-state index in [9.17, 15) is 17.2 Å². The Kier molecular flexibility index (Phi) is 4.46. The van der Waals surface area contributed by atoms with Crippen molar-refractivity contribution in [3.63, 3.8) is 0 Å². The summed E-state index contributed by atoms with van der Waals surface area (Å²) in [7, 11) is -1.11. The van der Waals surface area contributed by atoms with Crippen LogP contribution in [0.2, 0.25) is 0 Å². The molecule has 0 aromatic rings. The number of hydrogen-bond donors (Lipinski definition) is 1. The van der Waals surface area contributed by atoms with E-state index in [-0.39, 0.29) is 16.9 Å². The molecule has 0 aromatic heterocycles. The van der Waals surface area contributed by atoms with E-state index in [2.05, 4.69) is 0 Å². The minimum Gasteiger partial charge on any atom is -0.724 e. The highest BCUT2D eigenvalue weighted by molar-refractivity contribution is 7.85. The summed E-state index contributed by atoms with van der Waals surface area (Å²) in [5.74, 6) is -0.411. The highest BCUT2D eigenvalue weighted by Crippen LogP contribution is 2.03. The summed E-state index contributed by atoms with van der Waals surface area (Å²) in [4.78, 5) is 0. The van der Waals surface area contributed by atoms with Crippen molar-refractivity contribution in [3.05, 3.63) is 0 Å². The van der Waals surface area contributed by atoms with Gasteiger partial charge in [0.1, 0.15) is 11.3 Å². The van der Waals surface area contributed by atoms with E-state index in [1.165, 1.54) is 14.1 Å². The van der Waals surface area contributed by atoms with E-state index in [1.54, 1.807) is 0 Å². The van der Waals surface area contributed by atoms with Gasteiger partial charge in [-0.15, -0.1) is 0 Å². The van der Waals surface area contributed by atoms with E-state index in [0.717, 1.165) is 0 Å². The van der Waals surface area contributed by atoms with Crippen LogP contribution in [0.25, 0.3) is 0 Å². The monoisotopic (exact) mass is 231 g/mol. The van der Waals surface area contributed by atoms with Crippen molar-refractivity contribution in [1.29, 1.82) is 0 Å². The zero-order valence-electron chi connectivity index (χ0n) is 7.47. The fourth-order valence-electron chi connectivity index (χ4n) is 0.702. The zero-order chi connectivity index (χ0) is 10.7. The zero-order valence-corrected chi connectivity index (χ0v) is 9.10. The maximum Gasteiger partial charge on any atom is 0.265 e. The van der Waals surface area contributed by atoms with E-state index in [4.69, 9.17) is 4.55 Å². The topological polar surface area (TPSA) is 94.5 Å². The average Bonchev–Trinajstić information content (AvgIpc) is 1.82. The molecule has 1 N–H and O–H groups in total. The van der Waals surface area contributed by atoms with Crippen LogP contribution in [-0.4, -0.2) is 52.0 Å². The Balaban J connectivity index is 3.98. The van der Waals surface area contributed by atoms with Crippen LogP contribution in [0.15, 0.2) is 0 Å². The fraction of sp³-hybridized carbons (Fsp3) is 1.00. The standard InChI is InChI=1S/C5H13NO5S2/c1-6(2,12(7)8)4-3-5-13(9,10)11/h3-5H2,1-2H3,(H-,7,8,9,10,11). The van der Waals surface area contributed by atoms with Gasteiger partial charge in [-0.1, -0.05) is 0 Å². The van der Waals surface area contributed by atoms with Gasteiger partial charge in [-0.05, 0) is 0 Å². The van der Waals surface area contributed by atoms with Gasteiger partial charge >= 0.3 is 0 Å². The molecule has 13 heavy (non-hydrogen) atoms. The minimum atomic E-state index is -3.98. The summed E-state index contributed by atoms with van der Waals surface area (Å²) < 4.78 is 49.7. The molecule has 6 nitrogen and oxygen atoms in total. The Morgan fingerprint density at radius 3 is 2.23 bits per heavy atom. The molecule has 0 aliphatic heterocycles. The molecule has 0 amide bonds. The van der Waals surface area contributed by atoms with Crippen LogP contribution >= 0.6 is 0 Å². The SMILES string of the molecule is C[N+](C)(CCCS(=O)(=O)O)S(=O)[O-]. The molecule has 80 valence electrons. The second kappa shape index (κ2) is 4.47. The summed E-state index contributed by atoms with van der Waals surface area (Å²) in [5.41, 5.74) is 0. The second-order valence-corrected chi connectivity index (χ2v) is 6.15. The molecule has 0 saturated heterocycles. The predicted molar refractivity (Wildman–Crippen MR) is 46.9 cm³/mol. The first kappa shape index (κ1) is 13.0. The van der Waals surface area contributed by atoms with Crippen LogP contribution < -0.4 is 0 Å². The van der Waals surface area contributed by atoms with Gasteiger partial charge in [0, 0.05) is 6.42 Å². The lowest BCUT2D eigenvalue weighted by atomic mass is 10.5. The summed E-state index contributed by atoms with van der Waals surface area (Å²) in [5, 5.41) is 0. The Labute approximate surface area is 80.3 Å². The minimum absolute atomic E-state index is 0.111. The number of nitrogens with zero attached hydrogens (tertiary/aromatic N) is 1. The Bertz CT molecular complexity index is 283.